The van der Waals surface area contributed by atoms with E-state index >= 15 is 0 Å². The Labute approximate surface area is 156 Å². The summed E-state index contributed by atoms with van der Waals surface area (Å²) >= 11 is 0. The van der Waals surface area contributed by atoms with Crippen LogP contribution in [-0.4, -0.2) is 28.0 Å². The summed E-state index contributed by atoms with van der Waals surface area (Å²) in [5.74, 6) is 1.00. The molecule has 0 saturated heterocycles. The summed E-state index contributed by atoms with van der Waals surface area (Å²) < 4.78 is 5.11. The van der Waals surface area contributed by atoms with E-state index in [1.54, 1.807) is 32.5 Å². The highest BCUT2D eigenvalue weighted by Gasteiger charge is 2.14. The number of aromatic nitrogens is 3. The molecule has 138 valence electrons. The summed E-state index contributed by atoms with van der Waals surface area (Å²) in [7, 11) is 1.59. The standard InChI is InChI=1S/C20H20N4O3/c1-13(22-18(25)10-14-5-7-16(27-2)8-6-14)17-11-19(26)24-20(23-17)15-4-3-9-21-12-15/h3-9,11-13H,10H2,1-2H3,(H,22,25)(H,23,24,26)/t13-/m1/s1. The molecule has 0 fully saturated rings. The van der Waals surface area contributed by atoms with Crippen molar-refractivity contribution in [1.29, 1.82) is 0 Å². The number of hydrogen-bond acceptors (Lipinski definition) is 5. The summed E-state index contributed by atoms with van der Waals surface area (Å²) in [5.41, 5.74) is 1.78. The van der Waals surface area contributed by atoms with Crippen molar-refractivity contribution in [2.75, 3.05) is 7.11 Å². The molecule has 1 atom stereocenters. The van der Waals surface area contributed by atoms with Gasteiger partial charge in [0.1, 0.15) is 11.6 Å². The van der Waals surface area contributed by atoms with E-state index in [0.29, 0.717) is 17.1 Å². The second-order valence-corrected chi connectivity index (χ2v) is 6.07. The molecule has 0 unspecified atom stereocenters. The molecule has 7 heteroatoms. The minimum absolute atomic E-state index is 0.155. The van der Waals surface area contributed by atoms with Crippen molar-refractivity contribution >= 4 is 5.91 Å². The Balaban J connectivity index is 1.71. The number of aromatic amines is 1. The lowest BCUT2D eigenvalue weighted by Crippen LogP contribution is -2.29. The van der Waals surface area contributed by atoms with Crippen LogP contribution in [0, 0.1) is 0 Å². The van der Waals surface area contributed by atoms with Gasteiger partial charge in [0, 0.05) is 24.0 Å². The number of benzene rings is 1. The highest BCUT2D eigenvalue weighted by Crippen LogP contribution is 2.15. The maximum Gasteiger partial charge on any atom is 0.251 e. The van der Waals surface area contributed by atoms with E-state index in [4.69, 9.17) is 4.74 Å². The zero-order chi connectivity index (χ0) is 19.2. The number of carbonyl (C=O) groups is 1. The van der Waals surface area contributed by atoms with Gasteiger partial charge in [0.2, 0.25) is 5.91 Å². The predicted molar refractivity (Wildman–Crippen MR) is 101 cm³/mol. The minimum atomic E-state index is -0.409. The molecule has 0 spiro atoms. The molecular weight excluding hydrogens is 344 g/mol. The van der Waals surface area contributed by atoms with Crippen molar-refractivity contribution in [1.82, 2.24) is 20.3 Å². The fraction of sp³-hybridized carbons (Fsp3) is 0.200. The van der Waals surface area contributed by atoms with Gasteiger partial charge in [0.05, 0.1) is 25.3 Å². The van der Waals surface area contributed by atoms with E-state index in [9.17, 15) is 9.59 Å². The number of nitrogens with one attached hydrogen (secondary N) is 2. The van der Waals surface area contributed by atoms with Crippen LogP contribution in [0.5, 0.6) is 5.75 Å². The fourth-order valence-corrected chi connectivity index (χ4v) is 2.63. The van der Waals surface area contributed by atoms with Gasteiger partial charge < -0.3 is 15.0 Å². The summed E-state index contributed by atoms with van der Waals surface area (Å²) in [4.78, 5) is 35.5. The fourth-order valence-electron chi connectivity index (χ4n) is 2.63. The van der Waals surface area contributed by atoms with Crippen molar-refractivity contribution in [3.05, 3.63) is 76.5 Å². The largest absolute Gasteiger partial charge is 0.497 e. The zero-order valence-corrected chi connectivity index (χ0v) is 15.1. The number of rotatable bonds is 6. The molecule has 27 heavy (non-hydrogen) atoms. The third-order valence-corrected chi connectivity index (χ3v) is 4.04. The Kier molecular flexibility index (Phi) is 5.61. The SMILES string of the molecule is COc1ccc(CC(=O)N[C@H](C)c2cc(=O)[nH]c(-c3cccnc3)n2)cc1. The first-order valence-electron chi connectivity index (χ1n) is 8.49. The van der Waals surface area contributed by atoms with Gasteiger partial charge in [-0.1, -0.05) is 12.1 Å². The van der Waals surface area contributed by atoms with Crippen molar-refractivity contribution in [2.24, 2.45) is 0 Å². The Bertz CT molecular complexity index is 969. The molecule has 0 bridgehead atoms. The van der Waals surface area contributed by atoms with Crippen LogP contribution in [0.1, 0.15) is 24.2 Å². The average molecular weight is 364 g/mol. The van der Waals surface area contributed by atoms with Crippen LogP contribution >= 0.6 is 0 Å². The second-order valence-electron chi connectivity index (χ2n) is 6.07. The van der Waals surface area contributed by atoms with Gasteiger partial charge in [0.15, 0.2) is 0 Å². The van der Waals surface area contributed by atoms with Crippen molar-refractivity contribution < 1.29 is 9.53 Å². The Morgan fingerprint density at radius 1 is 1.26 bits per heavy atom. The van der Waals surface area contributed by atoms with E-state index < -0.39 is 6.04 Å². The van der Waals surface area contributed by atoms with Crippen molar-refractivity contribution in [2.45, 2.75) is 19.4 Å². The van der Waals surface area contributed by atoms with Crippen LogP contribution in [0.3, 0.4) is 0 Å². The van der Waals surface area contributed by atoms with Crippen molar-refractivity contribution in [3.8, 4) is 17.1 Å². The van der Waals surface area contributed by atoms with Crippen LogP contribution in [-0.2, 0) is 11.2 Å². The van der Waals surface area contributed by atoms with Crippen LogP contribution < -0.4 is 15.6 Å². The smallest absolute Gasteiger partial charge is 0.251 e. The topological polar surface area (TPSA) is 97.0 Å². The summed E-state index contributed by atoms with van der Waals surface area (Å²) in [6.45, 7) is 1.79. The number of nitrogens with zero attached hydrogens (tertiary/aromatic N) is 2. The van der Waals surface area contributed by atoms with Gasteiger partial charge in [-0.05, 0) is 36.8 Å². The zero-order valence-electron chi connectivity index (χ0n) is 15.1. The summed E-state index contributed by atoms with van der Waals surface area (Å²) in [5, 5.41) is 2.88. The quantitative estimate of drug-likeness (QED) is 0.699. The lowest BCUT2D eigenvalue weighted by Gasteiger charge is -2.14. The molecule has 2 N–H and O–H groups in total. The third kappa shape index (κ3) is 4.78. The Morgan fingerprint density at radius 2 is 2.04 bits per heavy atom. The Hall–Kier alpha value is -3.48. The first-order chi connectivity index (χ1) is 13.0. The predicted octanol–water partition coefficient (Wildman–Crippen LogP) is 2.26. The molecule has 3 aromatic rings. The normalized spacial score (nSPS) is 11.6. The number of hydrogen-bond donors (Lipinski definition) is 2. The number of ether oxygens (including phenoxy) is 1. The molecule has 1 amide bonds. The number of H-pyrrole nitrogens is 1. The maximum absolute atomic E-state index is 12.3. The third-order valence-electron chi connectivity index (χ3n) is 4.04. The molecule has 2 heterocycles. The van der Waals surface area contributed by atoms with Gasteiger partial charge in [-0.3, -0.25) is 14.6 Å². The second kappa shape index (κ2) is 8.27. The van der Waals surface area contributed by atoms with Gasteiger partial charge >= 0.3 is 0 Å². The molecule has 0 aliphatic carbocycles. The maximum atomic E-state index is 12.3. The molecule has 3 rings (SSSR count). The number of carbonyl (C=O) groups excluding carboxylic acids is 1. The molecule has 2 aromatic heterocycles. The molecule has 0 aliphatic rings. The van der Waals surface area contributed by atoms with Crippen LogP contribution in [0.4, 0.5) is 0 Å². The number of methoxy groups -OCH3 is 1. The van der Waals surface area contributed by atoms with Crippen molar-refractivity contribution in [3.63, 3.8) is 0 Å². The van der Waals surface area contributed by atoms with E-state index in [0.717, 1.165) is 11.3 Å². The lowest BCUT2D eigenvalue weighted by atomic mass is 10.1. The highest BCUT2D eigenvalue weighted by atomic mass is 16.5. The molecule has 1 aromatic carbocycles. The molecular formula is C20H20N4O3. The summed E-state index contributed by atoms with van der Waals surface area (Å²) in [6, 6.07) is 11.9. The monoisotopic (exact) mass is 364 g/mol. The first-order valence-corrected chi connectivity index (χ1v) is 8.49. The molecule has 0 radical (unpaired) electrons. The van der Waals surface area contributed by atoms with Gasteiger partial charge in [0.25, 0.3) is 5.56 Å². The van der Waals surface area contributed by atoms with E-state index in [1.807, 2.05) is 30.3 Å². The molecule has 0 aliphatic heterocycles. The number of pyridine rings is 1. The van der Waals surface area contributed by atoms with E-state index in [2.05, 4.69) is 20.3 Å². The highest BCUT2D eigenvalue weighted by molar-refractivity contribution is 5.79. The molecule has 0 saturated carbocycles. The van der Waals surface area contributed by atoms with Gasteiger partial charge in [-0.15, -0.1) is 0 Å². The van der Waals surface area contributed by atoms with Gasteiger partial charge in [-0.2, -0.15) is 0 Å². The molecule has 7 nitrogen and oxygen atoms in total. The van der Waals surface area contributed by atoms with Crippen LogP contribution in [0.2, 0.25) is 0 Å². The number of amides is 1. The summed E-state index contributed by atoms with van der Waals surface area (Å²) in [6.07, 6.45) is 3.50. The first kappa shape index (κ1) is 18.3. The minimum Gasteiger partial charge on any atom is -0.497 e. The van der Waals surface area contributed by atoms with Crippen LogP contribution in [0.25, 0.3) is 11.4 Å². The van der Waals surface area contributed by atoms with Crippen LogP contribution in [0.15, 0.2) is 59.7 Å². The lowest BCUT2D eigenvalue weighted by molar-refractivity contribution is -0.121. The van der Waals surface area contributed by atoms with Gasteiger partial charge in [-0.25, -0.2) is 4.98 Å². The average Bonchev–Trinajstić information content (AvgIpc) is 2.68. The Morgan fingerprint density at radius 3 is 2.70 bits per heavy atom. The van der Waals surface area contributed by atoms with E-state index in [1.165, 1.54) is 6.07 Å². The van der Waals surface area contributed by atoms with E-state index in [-0.39, 0.29) is 17.9 Å².